The average Bonchev–Trinajstić information content (AvgIpc) is 2.96. The molecule has 0 aliphatic carbocycles. The van der Waals surface area contributed by atoms with Crippen LogP contribution in [0.1, 0.15) is 21.7 Å². The van der Waals surface area contributed by atoms with Crippen LogP contribution in [0.4, 0.5) is 0 Å². The summed E-state index contributed by atoms with van der Waals surface area (Å²) in [6, 6.07) is 15.2. The van der Waals surface area contributed by atoms with Crippen molar-refractivity contribution in [3.8, 4) is 5.69 Å². The van der Waals surface area contributed by atoms with Crippen molar-refractivity contribution in [3.63, 3.8) is 0 Å². The van der Waals surface area contributed by atoms with Gasteiger partial charge in [0.1, 0.15) is 5.69 Å². The Morgan fingerprint density at radius 2 is 1.86 bits per heavy atom. The van der Waals surface area contributed by atoms with E-state index in [4.69, 9.17) is 0 Å². The van der Waals surface area contributed by atoms with Gasteiger partial charge in [0.05, 0.1) is 11.4 Å². The van der Waals surface area contributed by atoms with Gasteiger partial charge in [0.25, 0.3) is 5.91 Å². The highest BCUT2D eigenvalue weighted by Crippen LogP contribution is 2.12. The van der Waals surface area contributed by atoms with E-state index in [1.165, 1.54) is 0 Å². The van der Waals surface area contributed by atoms with Crippen molar-refractivity contribution < 1.29 is 4.79 Å². The zero-order chi connectivity index (χ0) is 15.4. The lowest BCUT2D eigenvalue weighted by Crippen LogP contribution is -2.25. The Labute approximate surface area is 128 Å². The zero-order valence-electron chi connectivity index (χ0n) is 12.2. The monoisotopic (exact) mass is 292 g/mol. The second kappa shape index (κ2) is 6.22. The van der Waals surface area contributed by atoms with Crippen molar-refractivity contribution in [2.75, 3.05) is 0 Å². The molecule has 22 heavy (non-hydrogen) atoms. The summed E-state index contributed by atoms with van der Waals surface area (Å²) >= 11 is 0. The lowest BCUT2D eigenvalue weighted by molar-refractivity contribution is 0.0943. The standard InChI is InChI=1S/C17H16N4O/c1-13-11-16(21(20-13)15-5-3-2-4-6-15)17(22)19-12-14-7-9-18-10-8-14/h2-11H,12H2,1H3,(H,19,22). The summed E-state index contributed by atoms with van der Waals surface area (Å²) < 4.78 is 1.66. The second-order valence-corrected chi connectivity index (χ2v) is 4.96. The van der Waals surface area contributed by atoms with Gasteiger partial charge in [-0.2, -0.15) is 5.10 Å². The van der Waals surface area contributed by atoms with Crippen LogP contribution in [0.2, 0.25) is 0 Å². The van der Waals surface area contributed by atoms with Gasteiger partial charge in [-0.15, -0.1) is 0 Å². The molecule has 0 aliphatic heterocycles. The smallest absolute Gasteiger partial charge is 0.270 e. The SMILES string of the molecule is Cc1cc(C(=O)NCc2ccncc2)n(-c2ccccc2)n1. The molecule has 3 aromatic rings. The molecule has 0 saturated carbocycles. The molecule has 110 valence electrons. The van der Waals surface area contributed by atoms with Crippen LogP contribution < -0.4 is 5.32 Å². The Morgan fingerprint density at radius 1 is 1.14 bits per heavy atom. The van der Waals surface area contributed by atoms with E-state index >= 15 is 0 Å². The van der Waals surface area contributed by atoms with Crippen molar-refractivity contribution in [2.45, 2.75) is 13.5 Å². The number of pyridine rings is 1. The van der Waals surface area contributed by atoms with Crippen LogP contribution >= 0.6 is 0 Å². The molecule has 0 fully saturated rings. The highest BCUT2D eigenvalue weighted by Gasteiger charge is 2.14. The van der Waals surface area contributed by atoms with Crippen LogP contribution in [0.25, 0.3) is 5.69 Å². The van der Waals surface area contributed by atoms with Crippen LogP contribution in [0.5, 0.6) is 0 Å². The third kappa shape index (κ3) is 3.03. The van der Waals surface area contributed by atoms with Crippen molar-refractivity contribution in [2.24, 2.45) is 0 Å². The summed E-state index contributed by atoms with van der Waals surface area (Å²) in [5.74, 6) is -0.152. The first kappa shape index (κ1) is 14.0. The van der Waals surface area contributed by atoms with Crippen molar-refractivity contribution in [1.82, 2.24) is 20.1 Å². The van der Waals surface area contributed by atoms with Crippen molar-refractivity contribution in [3.05, 3.63) is 77.9 Å². The molecular formula is C17H16N4O. The maximum absolute atomic E-state index is 12.4. The normalized spacial score (nSPS) is 10.4. The van der Waals surface area contributed by atoms with E-state index in [0.717, 1.165) is 16.9 Å². The predicted octanol–water partition coefficient (Wildman–Crippen LogP) is 2.51. The summed E-state index contributed by atoms with van der Waals surface area (Å²) in [6.07, 6.45) is 3.42. The third-order valence-corrected chi connectivity index (χ3v) is 3.27. The van der Waals surface area contributed by atoms with E-state index in [1.807, 2.05) is 49.4 Å². The molecule has 2 heterocycles. The molecule has 0 radical (unpaired) electrons. The molecule has 0 spiro atoms. The van der Waals surface area contributed by atoms with Crippen LogP contribution in [0.3, 0.4) is 0 Å². The molecule has 1 N–H and O–H groups in total. The Balaban J connectivity index is 1.81. The number of carbonyl (C=O) groups is 1. The summed E-state index contributed by atoms with van der Waals surface area (Å²) in [7, 11) is 0. The first-order valence-corrected chi connectivity index (χ1v) is 7.03. The van der Waals surface area contributed by atoms with Gasteiger partial charge >= 0.3 is 0 Å². The minimum Gasteiger partial charge on any atom is -0.347 e. The molecule has 0 unspecified atom stereocenters. The lowest BCUT2D eigenvalue weighted by Gasteiger charge is -2.08. The number of para-hydroxylation sites is 1. The van der Waals surface area contributed by atoms with Gasteiger partial charge < -0.3 is 5.32 Å². The van der Waals surface area contributed by atoms with Crippen LogP contribution in [-0.2, 0) is 6.54 Å². The number of amides is 1. The minimum atomic E-state index is -0.152. The molecule has 2 aromatic heterocycles. The summed E-state index contributed by atoms with van der Waals surface area (Å²) in [6.45, 7) is 2.33. The highest BCUT2D eigenvalue weighted by molar-refractivity contribution is 5.93. The zero-order valence-corrected chi connectivity index (χ0v) is 12.2. The van der Waals surface area contributed by atoms with E-state index in [1.54, 1.807) is 23.1 Å². The number of nitrogens with zero attached hydrogens (tertiary/aromatic N) is 3. The van der Waals surface area contributed by atoms with Gasteiger partial charge in [-0.25, -0.2) is 4.68 Å². The number of aromatic nitrogens is 3. The minimum absolute atomic E-state index is 0.152. The number of benzene rings is 1. The summed E-state index contributed by atoms with van der Waals surface area (Å²) in [5.41, 5.74) is 3.20. The van der Waals surface area contributed by atoms with Crippen molar-refractivity contribution in [1.29, 1.82) is 0 Å². The molecule has 1 aromatic carbocycles. The lowest BCUT2D eigenvalue weighted by atomic mass is 10.2. The number of carbonyl (C=O) groups excluding carboxylic acids is 1. The topological polar surface area (TPSA) is 59.8 Å². The number of hydrogen-bond donors (Lipinski definition) is 1. The molecule has 0 aliphatic rings. The maximum Gasteiger partial charge on any atom is 0.270 e. The molecule has 0 bridgehead atoms. The fourth-order valence-electron chi connectivity index (χ4n) is 2.20. The molecule has 3 rings (SSSR count). The van der Waals surface area contributed by atoms with Crippen molar-refractivity contribution >= 4 is 5.91 Å². The average molecular weight is 292 g/mol. The van der Waals surface area contributed by atoms with Gasteiger partial charge in [-0.3, -0.25) is 9.78 Å². The molecule has 5 nitrogen and oxygen atoms in total. The predicted molar refractivity (Wildman–Crippen MR) is 83.7 cm³/mol. The molecule has 5 heteroatoms. The summed E-state index contributed by atoms with van der Waals surface area (Å²) in [4.78, 5) is 16.4. The largest absolute Gasteiger partial charge is 0.347 e. The highest BCUT2D eigenvalue weighted by atomic mass is 16.2. The first-order valence-electron chi connectivity index (χ1n) is 7.03. The summed E-state index contributed by atoms with van der Waals surface area (Å²) in [5, 5.41) is 7.31. The molecule has 0 atom stereocenters. The van der Waals surface area contributed by atoms with Crippen LogP contribution in [0.15, 0.2) is 60.9 Å². The van der Waals surface area contributed by atoms with Gasteiger partial charge in [-0.1, -0.05) is 18.2 Å². The van der Waals surface area contributed by atoms with E-state index in [0.29, 0.717) is 12.2 Å². The Hall–Kier alpha value is -2.95. The number of aryl methyl sites for hydroxylation is 1. The fraction of sp³-hybridized carbons (Fsp3) is 0.118. The van der Waals surface area contributed by atoms with Crippen LogP contribution in [-0.4, -0.2) is 20.7 Å². The molecule has 0 saturated heterocycles. The van der Waals surface area contributed by atoms with Gasteiger partial charge in [0.2, 0.25) is 0 Å². The van der Waals surface area contributed by atoms with E-state index in [-0.39, 0.29) is 5.91 Å². The van der Waals surface area contributed by atoms with Gasteiger partial charge in [-0.05, 0) is 42.8 Å². The fourth-order valence-corrected chi connectivity index (χ4v) is 2.20. The quantitative estimate of drug-likeness (QED) is 0.803. The first-order chi connectivity index (χ1) is 10.7. The van der Waals surface area contributed by atoms with Crippen LogP contribution in [0, 0.1) is 6.92 Å². The molecular weight excluding hydrogens is 276 g/mol. The Kier molecular flexibility index (Phi) is 3.96. The number of nitrogens with one attached hydrogen (secondary N) is 1. The third-order valence-electron chi connectivity index (χ3n) is 3.27. The number of hydrogen-bond acceptors (Lipinski definition) is 3. The second-order valence-electron chi connectivity index (χ2n) is 4.96. The van der Waals surface area contributed by atoms with Gasteiger partial charge in [0, 0.05) is 18.9 Å². The Bertz CT molecular complexity index is 766. The van der Waals surface area contributed by atoms with E-state index in [9.17, 15) is 4.79 Å². The van der Waals surface area contributed by atoms with E-state index in [2.05, 4.69) is 15.4 Å². The maximum atomic E-state index is 12.4. The Morgan fingerprint density at radius 3 is 2.59 bits per heavy atom. The number of rotatable bonds is 4. The van der Waals surface area contributed by atoms with Gasteiger partial charge in [0.15, 0.2) is 0 Å². The van der Waals surface area contributed by atoms with E-state index < -0.39 is 0 Å². The molecule has 1 amide bonds.